The summed E-state index contributed by atoms with van der Waals surface area (Å²) in [6, 6.07) is 1.71. The van der Waals surface area contributed by atoms with Crippen LogP contribution in [0.25, 0.3) is 0 Å². The molecule has 1 heterocycles. The van der Waals surface area contributed by atoms with Gasteiger partial charge in [-0.2, -0.15) is 5.10 Å². The zero-order chi connectivity index (χ0) is 10.4. The predicted molar refractivity (Wildman–Crippen MR) is 47.5 cm³/mol. The highest BCUT2D eigenvalue weighted by Gasteiger charge is 2.03. The minimum atomic E-state index is -0.926. The van der Waals surface area contributed by atoms with E-state index in [0.717, 1.165) is 0 Å². The zero-order valence-corrected chi connectivity index (χ0v) is 7.51. The second kappa shape index (κ2) is 5.00. The lowest BCUT2D eigenvalue weighted by Gasteiger charge is -2.02. The van der Waals surface area contributed by atoms with Gasteiger partial charge in [-0.3, -0.25) is 14.3 Å². The normalized spacial score (nSPS) is 9.71. The van der Waals surface area contributed by atoms with E-state index < -0.39 is 5.97 Å². The molecule has 0 aliphatic carbocycles. The molecule has 0 aromatic carbocycles. The summed E-state index contributed by atoms with van der Waals surface area (Å²) in [6.07, 6.45) is 3.17. The molecule has 0 atom stereocenters. The van der Waals surface area contributed by atoms with Crippen LogP contribution in [0.4, 0.5) is 0 Å². The quantitative estimate of drug-likeness (QED) is 0.664. The maximum atomic E-state index is 11.1. The van der Waals surface area contributed by atoms with Crippen molar-refractivity contribution in [2.45, 2.75) is 13.0 Å². The molecule has 14 heavy (non-hydrogen) atoms. The number of amides is 1. The van der Waals surface area contributed by atoms with Crippen molar-refractivity contribution in [3.8, 4) is 0 Å². The summed E-state index contributed by atoms with van der Waals surface area (Å²) in [5.41, 5.74) is 0. The number of hydrogen-bond acceptors (Lipinski definition) is 3. The second-order valence-corrected chi connectivity index (χ2v) is 2.70. The van der Waals surface area contributed by atoms with Gasteiger partial charge in [0.25, 0.3) is 0 Å². The minimum Gasteiger partial charge on any atom is -0.481 e. The Bertz CT molecular complexity index is 308. The first kappa shape index (κ1) is 10.2. The van der Waals surface area contributed by atoms with Gasteiger partial charge >= 0.3 is 5.97 Å². The molecule has 6 heteroatoms. The molecule has 0 bridgehead atoms. The van der Waals surface area contributed by atoms with Crippen molar-refractivity contribution in [1.82, 2.24) is 15.1 Å². The van der Waals surface area contributed by atoms with E-state index in [1.54, 1.807) is 18.5 Å². The van der Waals surface area contributed by atoms with Crippen molar-refractivity contribution < 1.29 is 14.7 Å². The zero-order valence-electron chi connectivity index (χ0n) is 7.51. The molecule has 0 aliphatic heterocycles. The van der Waals surface area contributed by atoms with E-state index in [0.29, 0.717) is 0 Å². The molecule has 0 unspecified atom stereocenters. The Balaban J connectivity index is 2.20. The SMILES string of the molecule is O=C(O)CCNC(=O)Cn1cccn1. The Morgan fingerprint density at radius 3 is 2.86 bits per heavy atom. The van der Waals surface area contributed by atoms with Gasteiger partial charge in [-0.05, 0) is 6.07 Å². The third kappa shape index (κ3) is 3.70. The van der Waals surface area contributed by atoms with Crippen LogP contribution in [0.15, 0.2) is 18.5 Å². The first-order valence-electron chi connectivity index (χ1n) is 4.14. The number of hydrogen-bond donors (Lipinski definition) is 2. The Morgan fingerprint density at radius 1 is 1.50 bits per heavy atom. The van der Waals surface area contributed by atoms with Crippen LogP contribution in [0.1, 0.15) is 6.42 Å². The standard InChI is InChI=1S/C8H11N3O3/c12-7(9-4-2-8(13)14)6-11-5-1-3-10-11/h1,3,5H,2,4,6H2,(H,9,12)(H,13,14). The van der Waals surface area contributed by atoms with Crippen LogP contribution in [0.2, 0.25) is 0 Å². The third-order valence-electron chi connectivity index (χ3n) is 1.53. The highest BCUT2D eigenvalue weighted by Crippen LogP contribution is 1.84. The molecule has 0 aliphatic rings. The summed E-state index contributed by atoms with van der Waals surface area (Å²) in [4.78, 5) is 21.3. The molecule has 0 spiro atoms. The van der Waals surface area contributed by atoms with Gasteiger partial charge in [0.1, 0.15) is 6.54 Å². The predicted octanol–water partition coefficient (Wildman–Crippen LogP) is -0.526. The van der Waals surface area contributed by atoms with Crippen LogP contribution >= 0.6 is 0 Å². The topological polar surface area (TPSA) is 84.2 Å². The van der Waals surface area contributed by atoms with Crippen LogP contribution < -0.4 is 5.32 Å². The molecule has 0 saturated carbocycles. The average molecular weight is 197 g/mol. The van der Waals surface area contributed by atoms with Crippen molar-refractivity contribution >= 4 is 11.9 Å². The smallest absolute Gasteiger partial charge is 0.305 e. The van der Waals surface area contributed by atoms with Crippen LogP contribution in [-0.4, -0.2) is 33.3 Å². The largest absolute Gasteiger partial charge is 0.481 e. The molecule has 0 radical (unpaired) electrons. The molecule has 0 saturated heterocycles. The third-order valence-corrected chi connectivity index (χ3v) is 1.53. The number of carboxylic acids is 1. The summed E-state index contributed by atoms with van der Waals surface area (Å²) < 4.78 is 1.47. The Kier molecular flexibility index (Phi) is 3.66. The summed E-state index contributed by atoms with van der Waals surface area (Å²) >= 11 is 0. The average Bonchev–Trinajstić information content (AvgIpc) is 2.56. The second-order valence-electron chi connectivity index (χ2n) is 2.70. The van der Waals surface area contributed by atoms with Gasteiger partial charge in [-0.1, -0.05) is 0 Å². The molecule has 76 valence electrons. The van der Waals surface area contributed by atoms with E-state index in [1.807, 2.05) is 0 Å². The molecule has 1 rings (SSSR count). The van der Waals surface area contributed by atoms with Crippen molar-refractivity contribution in [2.75, 3.05) is 6.54 Å². The highest BCUT2D eigenvalue weighted by molar-refractivity contribution is 5.76. The lowest BCUT2D eigenvalue weighted by molar-refractivity contribution is -0.136. The molecular formula is C8H11N3O3. The number of carboxylic acid groups (broad SMARTS) is 1. The maximum Gasteiger partial charge on any atom is 0.305 e. The first-order chi connectivity index (χ1) is 6.68. The summed E-state index contributed by atoms with van der Waals surface area (Å²) in [5.74, 6) is -1.17. The monoisotopic (exact) mass is 197 g/mol. The lowest BCUT2D eigenvalue weighted by Crippen LogP contribution is -2.29. The molecule has 0 fully saturated rings. The molecule has 1 aromatic rings. The summed E-state index contributed by atoms with van der Waals surface area (Å²) in [7, 11) is 0. The van der Waals surface area contributed by atoms with Crippen molar-refractivity contribution in [3.05, 3.63) is 18.5 Å². The van der Waals surface area contributed by atoms with Gasteiger partial charge in [-0.25, -0.2) is 0 Å². The number of aromatic nitrogens is 2. The van der Waals surface area contributed by atoms with E-state index in [9.17, 15) is 9.59 Å². The minimum absolute atomic E-state index is 0.0646. The van der Waals surface area contributed by atoms with Crippen LogP contribution in [-0.2, 0) is 16.1 Å². The number of nitrogens with zero attached hydrogens (tertiary/aromatic N) is 2. The molecular weight excluding hydrogens is 186 g/mol. The van der Waals surface area contributed by atoms with E-state index in [-0.39, 0.29) is 25.4 Å². The highest BCUT2D eigenvalue weighted by atomic mass is 16.4. The van der Waals surface area contributed by atoms with Gasteiger partial charge in [-0.15, -0.1) is 0 Å². The molecule has 1 aromatic heterocycles. The Labute approximate surface area is 80.5 Å². The Morgan fingerprint density at radius 2 is 2.29 bits per heavy atom. The Hall–Kier alpha value is -1.85. The van der Waals surface area contributed by atoms with Crippen molar-refractivity contribution in [1.29, 1.82) is 0 Å². The van der Waals surface area contributed by atoms with Crippen molar-refractivity contribution in [3.63, 3.8) is 0 Å². The number of rotatable bonds is 5. The fourth-order valence-corrected chi connectivity index (χ4v) is 0.906. The molecule has 1 amide bonds. The lowest BCUT2D eigenvalue weighted by atomic mass is 10.4. The van der Waals surface area contributed by atoms with E-state index >= 15 is 0 Å². The maximum absolute atomic E-state index is 11.1. The molecule has 2 N–H and O–H groups in total. The van der Waals surface area contributed by atoms with Crippen LogP contribution in [0.3, 0.4) is 0 Å². The van der Waals surface area contributed by atoms with Gasteiger partial charge in [0, 0.05) is 18.9 Å². The number of nitrogens with one attached hydrogen (secondary N) is 1. The van der Waals surface area contributed by atoms with E-state index in [2.05, 4.69) is 10.4 Å². The van der Waals surface area contributed by atoms with Gasteiger partial charge in [0.15, 0.2) is 0 Å². The number of carbonyl (C=O) groups is 2. The molecule has 6 nitrogen and oxygen atoms in total. The number of carbonyl (C=O) groups excluding carboxylic acids is 1. The van der Waals surface area contributed by atoms with Crippen molar-refractivity contribution in [2.24, 2.45) is 0 Å². The van der Waals surface area contributed by atoms with Gasteiger partial charge < -0.3 is 10.4 Å². The van der Waals surface area contributed by atoms with Gasteiger partial charge in [0.05, 0.1) is 6.42 Å². The summed E-state index contributed by atoms with van der Waals surface area (Å²) in [5, 5.41) is 14.6. The fraction of sp³-hybridized carbons (Fsp3) is 0.375. The van der Waals surface area contributed by atoms with E-state index in [4.69, 9.17) is 5.11 Å². The first-order valence-corrected chi connectivity index (χ1v) is 4.14. The number of aliphatic carboxylic acids is 1. The van der Waals surface area contributed by atoms with E-state index in [1.165, 1.54) is 4.68 Å². The van der Waals surface area contributed by atoms with Crippen LogP contribution in [0.5, 0.6) is 0 Å². The van der Waals surface area contributed by atoms with Crippen LogP contribution in [0, 0.1) is 0 Å². The fourth-order valence-electron chi connectivity index (χ4n) is 0.906. The van der Waals surface area contributed by atoms with Gasteiger partial charge in [0.2, 0.25) is 5.91 Å². The summed E-state index contributed by atoms with van der Waals surface area (Å²) in [6.45, 7) is 0.266.